The molecule has 1 N–H and O–H groups in total. The van der Waals surface area contributed by atoms with Crippen LogP contribution in [0, 0.1) is 46.3 Å². The number of hydrogen-bond acceptors (Lipinski definition) is 3. The van der Waals surface area contributed by atoms with Gasteiger partial charge in [-0.1, -0.05) is 25.8 Å². The molecule has 0 radical (unpaired) electrons. The molecule has 0 unspecified atom stereocenters. The van der Waals surface area contributed by atoms with E-state index in [9.17, 15) is 5.11 Å². The van der Waals surface area contributed by atoms with E-state index in [1.807, 2.05) is 13.0 Å². The first-order valence-electron chi connectivity index (χ1n) is 10.8. The molecule has 4 rings (SSSR count). The maximum atomic E-state index is 10.8. The third-order valence-electron chi connectivity index (χ3n) is 8.88. The molecule has 4 aliphatic carbocycles. The van der Waals surface area contributed by atoms with Gasteiger partial charge in [0.05, 0.1) is 6.10 Å². The van der Waals surface area contributed by atoms with Gasteiger partial charge < -0.3 is 14.6 Å². The van der Waals surface area contributed by atoms with E-state index >= 15 is 0 Å². The van der Waals surface area contributed by atoms with Crippen LogP contribution in [0.4, 0.5) is 0 Å². The Hall–Kier alpha value is -0.820. The molecule has 27 heavy (non-hydrogen) atoms. The van der Waals surface area contributed by atoms with E-state index in [4.69, 9.17) is 9.47 Å². The number of hydrogen-bond donors (Lipinski definition) is 1. The van der Waals surface area contributed by atoms with E-state index in [0.29, 0.717) is 24.2 Å². The summed E-state index contributed by atoms with van der Waals surface area (Å²) in [5.41, 5.74) is -0.408. The highest BCUT2D eigenvalue weighted by molar-refractivity contribution is 5.29. The molecular weight excluding hydrogens is 336 g/mol. The lowest BCUT2D eigenvalue weighted by atomic mass is 9.46. The second-order valence-corrected chi connectivity index (χ2v) is 10.0. The number of aliphatic hydroxyl groups is 1. The molecule has 3 fully saturated rings. The normalized spacial score (nSPS) is 50.9. The molecule has 0 aromatic rings. The van der Waals surface area contributed by atoms with Crippen LogP contribution >= 0.6 is 0 Å². The zero-order valence-electron chi connectivity index (χ0n) is 17.5. The quantitative estimate of drug-likeness (QED) is 0.449. The summed E-state index contributed by atoms with van der Waals surface area (Å²) in [4.78, 5) is 0. The van der Waals surface area contributed by atoms with Crippen LogP contribution in [0.25, 0.3) is 0 Å². The zero-order valence-corrected chi connectivity index (χ0v) is 17.5. The Morgan fingerprint density at radius 1 is 1.07 bits per heavy atom. The first kappa shape index (κ1) is 19.5. The van der Waals surface area contributed by atoms with Gasteiger partial charge in [0.1, 0.15) is 12.4 Å². The van der Waals surface area contributed by atoms with Crippen LogP contribution in [-0.2, 0) is 9.47 Å². The van der Waals surface area contributed by atoms with Gasteiger partial charge in [0, 0.05) is 7.11 Å². The van der Waals surface area contributed by atoms with Crippen molar-refractivity contribution in [3.63, 3.8) is 0 Å². The maximum absolute atomic E-state index is 10.8. The summed E-state index contributed by atoms with van der Waals surface area (Å²) >= 11 is 0. The minimum Gasteiger partial charge on any atom is -0.374 e. The predicted molar refractivity (Wildman–Crippen MR) is 107 cm³/mol. The van der Waals surface area contributed by atoms with Crippen LogP contribution in [0.2, 0.25) is 0 Å². The van der Waals surface area contributed by atoms with Crippen molar-refractivity contribution in [3.05, 3.63) is 12.2 Å². The Labute approximate surface area is 164 Å². The summed E-state index contributed by atoms with van der Waals surface area (Å²) in [6, 6.07) is 0. The molecule has 0 bridgehead atoms. The fourth-order valence-electron chi connectivity index (χ4n) is 7.50. The molecule has 150 valence electrons. The van der Waals surface area contributed by atoms with Crippen molar-refractivity contribution < 1.29 is 14.6 Å². The molecule has 0 aliphatic heterocycles. The van der Waals surface area contributed by atoms with E-state index in [2.05, 4.69) is 31.8 Å². The van der Waals surface area contributed by atoms with Gasteiger partial charge in [-0.05, 0) is 92.4 Å². The Balaban J connectivity index is 1.58. The van der Waals surface area contributed by atoms with Gasteiger partial charge in [0.25, 0.3) is 0 Å². The molecule has 8 atom stereocenters. The molecule has 0 aromatic heterocycles. The van der Waals surface area contributed by atoms with Gasteiger partial charge in [-0.2, -0.15) is 0 Å². The van der Waals surface area contributed by atoms with Gasteiger partial charge in [-0.3, -0.25) is 0 Å². The summed E-state index contributed by atoms with van der Waals surface area (Å²) < 4.78 is 11.3. The number of fused-ring (bicyclic) bond motifs is 5. The minimum absolute atomic E-state index is 0.206. The molecule has 0 amide bonds. The Morgan fingerprint density at radius 3 is 2.63 bits per heavy atom. The van der Waals surface area contributed by atoms with Crippen molar-refractivity contribution in [2.24, 2.45) is 34.5 Å². The van der Waals surface area contributed by atoms with Crippen LogP contribution < -0.4 is 0 Å². The highest BCUT2D eigenvalue weighted by Gasteiger charge is 2.60. The van der Waals surface area contributed by atoms with E-state index in [1.54, 1.807) is 7.11 Å². The van der Waals surface area contributed by atoms with E-state index in [-0.39, 0.29) is 5.41 Å². The molecule has 4 aliphatic rings. The number of methoxy groups -OCH3 is 1. The molecular formula is C24H36O3. The molecule has 3 saturated carbocycles. The summed E-state index contributed by atoms with van der Waals surface area (Å²) in [7, 11) is 1.72. The lowest BCUT2D eigenvalue weighted by molar-refractivity contribution is -0.145. The van der Waals surface area contributed by atoms with Crippen LogP contribution in [0.15, 0.2) is 12.2 Å². The van der Waals surface area contributed by atoms with Crippen LogP contribution in [0.5, 0.6) is 0 Å². The summed E-state index contributed by atoms with van der Waals surface area (Å²) in [5, 5.41) is 10.8. The average molecular weight is 373 g/mol. The summed E-state index contributed by atoms with van der Waals surface area (Å²) in [6.07, 6.45) is 13.0. The van der Waals surface area contributed by atoms with E-state index in [1.165, 1.54) is 38.5 Å². The lowest BCUT2D eigenvalue weighted by Crippen LogP contribution is -2.54. The monoisotopic (exact) mass is 372 g/mol. The van der Waals surface area contributed by atoms with Crippen LogP contribution in [-0.4, -0.2) is 30.7 Å². The van der Waals surface area contributed by atoms with Crippen molar-refractivity contribution in [3.8, 4) is 11.8 Å². The van der Waals surface area contributed by atoms with Crippen molar-refractivity contribution in [2.45, 2.75) is 77.4 Å². The largest absolute Gasteiger partial charge is 0.374 e. The number of rotatable bonds is 3. The van der Waals surface area contributed by atoms with Gasteiger partial charge >= 0.3 is 0 Å². The zero-order chi connectivity index (χ0) is 19.3. The van der Waals surface area contributed by atoms with Gasteiger partial charge in [-0.15, -0.1) is 5.92 Å². The van der Waals surface area contributed by atoms with Crippen LogP contribution in [0.3, 0.4) is 0 Å². The van der Waals surface area contributed by atoms with Gasteiger partial charge in [0.2, 0.25) is 0 Å². The summed E-state index contributed by atoms with van der Waals surface area (Å²) in [5.74, 6) is 8.79. The smallest absolute Gasteiger partial charge is 0.146 e. The third kappa shape index (κ3) is 3.00. The Bertz CT molecular complexity index is 660. The molecule has 0 saturated heterocycles. The van der Waals surface area contributed by atoms with E-state index < -0.39 is 5.60 Å². The summed E-state index contributed by atoms with van der Waals surface area (Å²) in [6.45, 7) is 7.17. The topological polar surface area (TPSA) is 38.7 Å². The molecule has 0 spiro atoms. The highest BCUT2D eigenvalue weighted by Crippen LogP contribution is 2.66. The van der Waals surface area contributed by atoms with E-state index in [0.717, 1.165) is 24.2 Å². The lowest BCUT2D eigenvalue weighted by Gasteiger charge is -2.59. The predicted octanol–water partition coefficient (Wildman–Crippen LogP) is 4.55. The Morgan fingerprint density at radius 2 is 1.89 bits per heavy atom. The highest BCUT2D eigenvalue weighted by atomic mass is 16.7. The first-order chi connectivity index (χ1) is 12.9. The van der Waals surface area contributed by atoms with Gasteiger partial charge in [-0.25, -0.2) is 0 Å². The second kappa shape index (κ2) is 6.90. The van der Waals surface area contributed by atoms with Crippen LogP contribution in [0.1, 0.15) is 65.7 Å². The number of allylic oxidation sites excluding steroid dienone is 1. The van der Waals surface area contributed by atoms with Crippen molar-refractivity contribution in [2.75, 3.05) is 13.9 Å². The minimum atomic E-state index is -0.915. The third-order valence-corrected chi connectivity index (χ3v) is 8.88. The molecule has 3 heteroatoms. The van der Waals surface area contributed by atoms with Gasteiger partial charge in [0.15, 0.2) is 0 Å². The fraction of sp³-hybridized carbons (Fsp3) is 0.833. The van der Waals surface area contributed by atoms with Crippen molar-refractivity contribution in [1.82, 2.24) is 0 Å². The first-order valence-corrected chi connectivity index (χ1v) is 10.8. The van der Waals surface area contributed by atoms with Crippen molar-refractivity contribution in [1.29, 1.82) is 0 Å². The second-order valence-electron chi connectivity index (χ2n) is 10.0. The van der Waals surface area contributed by atoms with Crippen molar-refractivity contribution >= 4 is 0 Å². The average Bonchev–Trinajstić information content (AvgIpc) is 2.97. The molecule has 0 heterocycles. The fourth-order valence-corrected chi connectivity index (χ4v) is 7.50. The maximum Gasteiger partial charge on any atom is 0.146 e. The SMILES string of the molecule is CC#C[C@@]1(O)C=C[C@@]2(C)[C@H](CC[C@@H]3[C@@H]2CC[C@]2(C)[C@@H](OCOC)CC[C@@H]32)C1. The molecule has 0 aromatic carbocycles. The standard InChI is InChI=1S/C24H36O3/c1-5-11-24(25)14-13-22(2)17(15-24)6-7-18-19-8-9-21(27-16-26-4)23(19,3)12-10-20(18)22/h13-14,17-21,25H,6-10,12,15-16H2,1-4H3/t17-,18+,19+,20+,21+,22+,23+,24-/m1/s1. The Kier molecular flexibility index (Phi) is 4.98. The number of ether oxygens (including phenoxy) is 2. The molecule has 3 nitrogen and oxygen atoms in total.